The fourth-order valence-corrected chi connectivity index (χ4v) is 4.62. The second-order valence-corrected chi connectivity index (χ2v) is 10.7. The fraction of sp³-hybridized carbons (Fsp3) is 0.125. The zero-order valence-electron chi connectivity index (χ0n) is 16.2. The van der Waals surface area contributed by atoms with Crippen molar-refractivity contribution in [2.45, 2.75) is 24.0 Å². The molecule has 0 spiro atoms. The lowest BCUT2D eigenvalue weighted by atomic mass is 10.5. The summed E-state index contributed by atoms with van der Waals surface area (Å²) in [5.41, 5.74) is 1.11. The molecule has 0 aliphatic rings. The van der Waals surface area contributed by atoms with Crippen LogP contribution in [0.2, 0.25) is 0 Å². The molecule has 0 fully saturated rings. The monoisotopic (exact) mass is 612 g/mol. The molecule has 0 saturated carbocycles. The van der Waals surface area contributed by atoms with Gasteiger partial charge in [0.15, 0.2) is 0 Å². The smallest absolute Gasteiger partial charge is 0.297 e. The first kappa shape index (κ1) is 24.1. The van der Waals surface area contributed by atoms with Crippen LogP contribution in [0.4, 0.5) is 11.8 Å². The van der Waals surface area contributed by atoms with Crippen molar-refractivity contribution < 1.29 is 34.7 Å². The topological polar surface area (TPSA) is 171 Å². The maximum Gasteiger partial charge on any atom is 0.297 e. The lowest BCUT2D eigenvalue weighted by Crippen LogP contribution is -2.11. The molecule has 32 heavy (non-hydrogen) atoms. The standard InChI is InChI=1S/2C8H7BrN2O4S/c2*1-5-7(9)8(15-10-5)11-16(12,13)6-3-2-4-14-6/h2*2-4,11H,1H3. The molecule has 0 saturated heterocycles. The third kappa shape index (κ3) is 5.43. The number of anilines is 2. The Morgan fingerprint density at radius 1 is 0.750 bits per heavy atom. The Morgan fingerprint density at radius 2 is 1.12 bits per heavy atom. The molecule has 0 unspecified atom stereocenters. The number of rotatable bonds is 6. The molecule has 16 heteroatoms. The molecule has 0 aromatic carbocycles. The van der Waals surface area contributed by atoms with Gasteiger partial charge in [-0.25, -0.2) is 9.44 Å². The van der Waals surface area contributed by atoms with E-state index in [1.807, 2.05) is 0 Å². The maximum atomic E-state index is 11.7. The third-order valence-corrected chi connectivity index (χ3v) is 7.86. The molecule has 4 aromatic rings. The van der Waals surface area contributed by atoms with Crippen molar-refractivity contribution in [3.63, 3.8) is 0 Å². The van der Waals surface area contributed by atoms with Gasteiger partial charge in [-0.1, -0.05) is 10.3 Å². The highest BCUT2D eigenvalue weighted by molar-refractivity contribution is 9.11. The quantitative estimate of drug-likeness (QED) is 0.320. The molecule has 2 N–H and O–H groups in total. The van der Waals surface area contributed by atoms with Crippen molar-refractivity contribution in [3.05, 3.63) is 57.1 Å². The summed E-state index contributed by atoms with van der Waals surface area (Å²) in [6, 6.07) is 5.63. The van der Waals surface area contributed by atoms with E-state index in [1.54, 1.807) is 13.8 Å². The third-order valence-electron chi connectivity index (χ3n) is 3.56. The number of aryl methyl sites for hydroxylation is 2. The van der Waals surface area contributed by atoms with Gasteiger partial charge in [-0.2, -0.15) is 16.8 Å². The fourth-order valence-electron chi connectivity index (χ4n) is 2.02. The van der Waals surface area contributed by atoms with Crippen LogP contribution < -0.4 is 9.44 Å². The first-order valence-electron chi connectivity index (χ1n) is 8.37. The number of nitrogens with one attached hydrogen (secondary N) is 2. The van der Waals surface area contributed by atoms with E-state index in [0.29, 0.717) is 20.3 Å². The van der Waals surface area contributed by atoms with Gasteiger partial charge in [-0.3, -0.25) is 0 Å². The number of furan rings is 2. The summed E-state index contributed by atoms with van der Waals surface area (Å²) in [7, 11) is -7.52. The second-order valence-electron chi connectivity index (χ2n) is 5.90. The molecule has 0 amide bonds. The van der Waals surface area contributed by atoms with Crippen molar-refractivity contribution >= 4 is 63.7 Å². The van der Waals surface area contributed by atoms with E-state index in [4.69, 9.17) is 17.9 Å². The van der Waals surface area contributed by atoms with Crippen LogP contribution in [0.5, 0.6) is 0 Å². The van der Waals surface area contributed by atoms with Crippen LogP contribution in [0.1, 0.15) is 11.4 Å². The van der Waals surface area contributed by atoms with Crippen LogP contribution in [0.25, 0.3) is 0 Å². The molecule has 0 radical (unpaired) electrons. The predicted molar refractivity (Wildman–Crippen MR) is 117 cm³/mol. The zero-order valence-corrected chi connectivity index (χ0v) is 21.0. The van der Waals surface area contributed by atoms with Crippen molar-refractivity contribution in [2.75, 3.05) is 9.44 Å². The van der Waals surface area contributed by atoms with Crippen molar-refractivity contribution in [3.8, 4) is 0 Å². The summed E-state index contributed by atoms with van der Waals surface area (Å²) >= 11 is 6.30. The zero-order chi connectivity index (χ0) is 23.5. The van der Waals surface area contributed by atoms with Crippen LogP contribution in [-0.2, 0) is 20.0 Å². The van der Waals surface area contributed by atoms with E-state index in [1.165, 1.54) is 36.8 Å². The van der Waals surface area contributed by atoms with Gasteiger partial charge in [0.2, 0.25) is 10.2 Å². The van der Waals surface area contributed by atoms with Crippen LogP contribution in [0, 0.1) is 13.8 Å². The Balaban J connectivity index is 0.000000181. The van der Waals surface area contributed by atoms with Gasteiger partial charge >= 0.3 is 0 Å². The molecule has 0 atom stereocenters. The summed E-state index contributed by atoms with van der Waals surface area (Å²) < 4.78 is 71.4. The number of hydrogen-bond donors (Lipinski definition) is 2. The van der Waals surface area contributed by atoms with Crippen molar-refractivity contribution in [1.29, 1.82) is 0 Å². The molecule has 0 aliphatic heterocycles. The summed E-state index contributed by atoms with van der Waals surface area (Å²) in [5.74, 6) is 0.0443. The molecule has 12 nitrogen and oxygen atoms in total. The summed E-state index contributed by atoms with van der Waals surface area (Å²) in [6.07, 6.45) is 2.55. The Hall–Kier alpha value is -2.56. The van der Waals surface area contributed by atoms with E-state index >= 15 is 0 Å². The number of halogens is 2. The van der Waals surface area contributed by atoms with Gasteiger partial charge in [0.25, 0.3) is 31.8 Å². The predicted octanol–water partition coefficient (Wildman–Crippen LogP) is 4.28. The summed E-state index contributed by atoms with van der Waals surface area (Å²) in [4.78, 5) is 0. The van der Waals surface area contributed by atoms with Gasteiger partial charge in [0.1, 0.15) is 8.95 Å². The van der Waals surface area contributed by atoms with E-state index in [-0.39, 0.29) is 22.0 Å². The first-order chi connectivity index (χ1) is 15.0. The minimum Gasteiger partial charge on any atom is -0.451 e. The minimum atomic E-state index is -3.76. The van der Waals surface area contributed by atoms with Gasteiger partial charge in [-0.05, 0) is 70.0 Å². The number of nitrogens with zero attached hydrogens (tertiary/aromatic N) is 2. The molecule has 4 heterocycles. The largest absolute Gasteiger partial charge is 0.451 e. The lowest BCUT2D eigenvalue weighted by Gasteiger charge is -2.01. The SMILES string of the molecule is Cc1noc(NS(=O)(=O)c2ccco2)c1Br.Cc1noc(NS(=O)(=O)c2ccco2)c1Br. The Bertz CT molecular complexity index is 1280. The normalized spacial score (nSPS) is 11.6. The van der Waals surface area contributed by atoms with E-state index in [0.717, 1.165) is 0 Å². The molecular formula is C16H14Br2N4O8S2. The van der Waals surface area contributed by atoms with Crippen LogP contribution in [-0.4, -0.2) is 27.1 Å². The first-order valence-corrected chi connectivity index (χ1v) is 12.9. The average molecular weight is 614 g/mol. The van der Waals surface area contributed by atoms with Crippen LogP contribution in [0.15, 0.2) is 73.8 Å². The maximum absolute atomic E-state index is 11.7. The highest BCUT2D eigenvalue weighted by atomic mass is 79.9. The number of aromatic nitrogens is 2. The van der Waals surface area contributed by atoms with Gasteiger partial charge in [-0.15, -0.1) is 0 Å². The van der Waals surface area contributed by atoms with E-state index < -0.39 is 20.0 Å². The van der Waals surface area contributed by atoms with E-state index in [2.05, 4.69) is 51.6 Å². The highest BCUT2D eigenvalue weighted by Gasteiger charge is 2.23. The molecule has 4 aromatic heterocycles. The van der Waals surface area contributed by atoms with Crippen molar-refractivity contribution in [2.24, 2.45) is 0 Å². The summed E-state index contributed by atoms with van der Waals surface area (Å²) in [5, 5.41) is 6.83. The molecular weight excluding hydrogens is 600 g/mol. The molecule has 0 bridgehead atoms. The van der Waals surface area contributed by atoms with Gasteiger partial charge in [0, 0.05) is 0 Å². The lowest BCUT2D eigenvalue weighted by molar-refractivity contribution is 0.427. The Labute approximate surface area is 198 Å². The molecule has 172 valence electrons. The minimum absolute atomic E-state index is 0.0221. The Morgan fingerprint density at radius 3 is 1.38 bits per heavy atom. The van der Waals surface area contributed by atoms with Crippen molar-refractivity contribution in [1.82, 2.24) is 10.3 Å². The second kappa shape index (κ2) is 9.51. The van der Waals surface area contributed by atoms with E-state index in [9.17, 15) is 16.8 Å². The summed E-state index contributed by atoms with van der Waals surface area (Å²) in [6.45, 7) is 3.36. The van der Waals surface area contributed by atoms with Crippen LogP contribution >= 0.6 is 31.9 Å². The molecule has 4 rings (SSSR count). The molecule has 0 aliphatic carbocycles. The number of sulfonamides is 2. The Kier molecular flexibility index (Phi) is 7.16. The average Bonchev–Trinajstić information content (AvgIpc) is 3.53. The van der Waals surface area contributed by atoms with Crippen LogP contribution in [0.3, 0.4) is 0 Å². The number of hydrogen-bond acceptors (Lipinski definition) is 10. The highest BCUT2D eigenvalue weighted by Crippen LogP contribution is 2.28. The van der Waals surface area contributed by atoms with Gasteiger partial charge < -0.3 is 17.9 Å². The van der Waals surface area contributed by atoms with Gasteiger partial charge in [0.05, 0.1) is 23.9 Å².